The van der Waals surface area contributed by atoms with Crippen LogP contribution in [0.3, 0.4) is 0 Å². The summed E-state index contributed by atoms with van der Waals surface area (Å²) in [5.74, 6) is 0.920. The first-order valence-electron chi connectivity index (χ1n) is 11.9. The van der Waals surface area contributed by atoms with Gasteiger partial charge in [-0.15, -0.1) is 0 Å². The Morgan fingerprint density at radius 2 is 1.71 bits per heavy atom. The van der Waals surface area contributed by atoms with Crippen molar-refractivity contribution in [2.75, 3.05) is 27.8 Å². The van der Waals surface area contributed by atoms with Crippen molar-refractivity contribution >= 4 is 17.5 Å². The second-order valence-electron chi connectivity index (χ2n) is 10.4. The average Bonchev–Trinajstić information content (AvgIpc) is 3.25. The van der Waals surface area contributed by atoms with E-state index in [1.54, 1.807) is 21.3 Å². The van der Waals surface area contributed by atoms with Gasteiger partial charge in [0, 0.05) is 19.9 Å². The summed E-state index contributed by atoms with van der Waals surface area (Å²) >= 11 is 0. The summed E-state index contributed by atoms with van der Waals surface area (Å²) in [4.78, 5) is 27.6. The van der Waals surface area contributed by atoms with Crippen molar-refractivity contribution in [1.82, 2.24) is 9.91 Å². The molecule has 1 aliphatic rings. The van der Waals surface area contributed by atoms with Crippen LogP contribution in [0.1, 0.15) is 61.9 Å². The molecule has 0 bridgehead atoms. The first-order chi connectivity index (χ1) is 16.4. The molecule has 0 aliphatic carbocycles. The fourth-order valence-electron chi connectivity index (χ4n) is 4.11. The fourth-order valence-corrected chi connectivity index (χ4v) is 4.11. The zero-order valence-corrected chi connectivity index (χ0v) is 22.1. The molecule has 0 N–H and O–H groups in total. The molecule has 0 spiro atoms. The van der Waals surface area contributed by atoms with E-state index in [4.69, 9.17) is 14.6 Å². The lowest BCUT2D eigenvalue weighted by Gasteiger charge is -2.27. The number of ether oxygens (including phenoxy) is 2. The number of carbonyl (C=O) groups excluding carboxylic acids is 2. The number of hydrogen-bond donors (Lipinski definition) is 0. The minimum atomic E-state index is -0.315. The van der Waals surface area contributed by atoms with E-state index in [0.717, 1.165) is 16.8 Å². The molecule has 1 heterocycles. The summed E-state index contributed by atoms with van der Waals surface area (Å²) < 4.78 is 10.9. The van der Waals surface area contributed by atoms with Gasteiger partial charge in [-0.1, -0.05) is 39.0 Å². The third kappa shape index (κ3) is 6.21. The van der Waals surface area contributed by atoms with Crippen molar-refractivity contribution in [3.63, 3.8) is 0 Å². The van der Waals surface area contributed by atoms with Crippen molar-refractivity contribution < 1.29 is 19.1 Å². The Kier molecular flexibility index (Phi) is 7.88. The lowest BCUT2D eigenvalue weighted by atomic mass is 9.92. The third-order valence-corrected chi connectivity index (χ3v) is 6.28. The van der Waals surface area contributed by atoms with Crippen molar-refractivity contribution in [3.05, 3.63) is 58.7 Å². The first kappa shape index (κ1) is 26.3. The number of amides is 2. The van der Waals surface area contributed by atoms with Crippen LogP contribution in [-0.2, 0) is 9.59 Å². The maximum Gasteiger partial charge on any atom is 0.262 e. The van der Waals surface area contributed by atoms with Crippen molar-refractivity contribution in [2.45, 2.75) is 53.5 Å². The molecule has 2 aromatic carbocycles. The van der Waals surface area contributed by atoms with E-state index in [0.29, 0.717) is 24.3 Å². The Hall–Kier alpha value is -3.35. The standard InChI is InChI=1S/C28H37N3O4/c1-18-9-10-20(13-19(18)2)22-15-23(21-11-12-24(34-7)25(14-21)35-8)31(29-22)27(33)17-30(6)26(32)16-28(3,4)5/h9-14,23H,15-17H2,1-8H3. The molecular weight excluding hydrogens is 442 g/mol. The van der Waals surface area contributed by atoms with Gasteiger partial charge in [0.05, 0.1) is 26.0 Å². The molecule has 0 radical (unpaired) electrons. The van der Waals surface area contributed by atoms with E-state index < -0.39 is 0 Å². The van der Waals surface area contributed by atoms with Crippen LogP contribution in [0.5, 0.6) is 11.5 Å². The molecular formula is C28H37N3O4. The fraction of sp³-hybridized carbons (Fsp3) is 0.464. The van der Waals surface area contributed by atoms with Crippen LogP contribution in [0.4, 0.5) is 0 Å². The molecule has 7 nitrogen and oxygen atoms in total. The van der Waals surface area contributed by atoms with Crippen LogP contribution in [0.15, 0.2) is 41.5 Å². The molecule has 7 heteroatoms. The second-order valence-corrected chi connectivity index (χ2v) is 10.4. The molecule has 2 aromatic rings. The number of carbonyl (C=O) groups is 2. The van der Waals surface area contributed by atoms with Gasteiger partial charge in [-0.05, 0) is 59.7 Å². The second kappa shape index (κ2) is 10.5. The summed E-state index contributed by atoms with van der Waals surface area (Å²) in [6, 6.07) is 11.6. The molecule has 0 aromatic heterocycles. The minimum absolute atomic E-state index is 0.0393. The van der Waals surface area contributed by atoms with Gasteiger partial charge in [-0.2, -0.15) is 5.10 Å². The van der Waals surface area contributed by atoms with Gasteiger partial charge in [0.2, 0.25) is 5.91 Å². The number of nitrogens with zero attached hydrogens (tertiary/aromatic N) is 3. The van der Waals surface area contributed by atoms with Gasteiger partial charge < -0.3 is 14.4 Å². The van der Waals surface area contributed by atoms with Crippen LogP contribution in [0.25, 0.3) is 0 Å². The summed E-state index contributed by atoms with van der Waals surface area (Å²) in [5, 5.41) is 6.28. The highest BCUT2D eigenvalue weighted by molar-refractivity contribution is 6.03. The lowest BCUT2D eigenvalue weighted by molar-refractivity contribution is -0.141. The summed E-state index contributed by atoms with van der Waals surface area (Å²) in [6.45, 7) is 10.1. The van der Waals surface area contributed by atoms with Gasteiger partial charge in [-0.3, -0.25) is 9.59 Å². The number of hydrogen-bond acceptors (Lipinski definition) is 5. The number of hydrazone groups is 1. The molecule has 2 amide bonds. The smallest absolute Gasteiger partial charge is 0.262 e. The molecule has 0 saturated carbocycles. The van der Waals surface area contributed by atoms with Crippen LogP contribution in [-0.4, -0.2) is 55.2 Å². The highest BCUT2D eigenvalue weighted by atomic mass is 16.5. The minimum Gasteiger partial charge on any atom is -0.493 e. The van der Waals surface area contributed by atoms with Gasteiger partial charge in [-0.25, -0.2) is 5.01 Å². The Morgan fingerprint density at radius 1 is 1.03 bits per heavy atom. The highest BCUT2D eigenvalue weighted by Crippen LogP contribution is 2.37. The van der Waals surface area contributed by atoms with E-state index >= 15 is 0 Å². The Labute approximate surface area is 208 Å². The maximum absolute atomic E-state index is 13.5. The Morgan fingerprint density at radius 3 is 2.31 bits per heavy atom. The van der Waals surface area contributed by atoms with Crippen molar-refractivity contribution in [2.24, 2.45) is 10.5 Å². The quantitative estimate of drug-likeness (QED) is 0.567. The largest absolute Gasteiger partial charge is 0.493 e. The number of rotatable bonds is 7. The molecule has 188 valence electrons. The number of benzene rings is 2. The van der Waals surface area contributed by atoms with E-state index in [1.165, 1.54) is 21.0 Å². The third-order valence-electron chi connectivity index (χ3n) is 6.28. The molecule has 1 unspecified atom stereocenters. The van der Waals surface area contributed by atoms with Crippen LogP contribution >= 0.6 is 0 Å². The average molecular weight is 480 g/mol. The zero-order chi connectivity index (χ0) is 25.9. The number of methoxy groups -OCH3 is 2. The predicted octanol–water partition coefficient (Wildman–Crippen LogP) is 4.89. The zero-order valence-electron chi connectivity index (χ0n) is 22.1. The normalized spacial score (nSPS) is 15.6. The lowest BCUT2D eigenvalue weighted by Crippen LogP contribution is -2.40. The SMILES string of the molecule is COc1ccc(C2CC(c3ccc(C)c(C)c3)=NN2C(=O)CN(C)C(=O)CC(C)(C)C)cc1OC. The molecule has 3 rings (SSSR count). The molecule has 35 heavy (non-hydrogen) atoms. The summed E-state index contributed by atoms with van der Waals surface area (Å²) in [5.41, 5.74) is 4.94. The van der Waals surface area contributed by atoms with Crippen molar-refractivity contribution in [1.29, 1.82) is 0 Å². The molecule has 1 aliphatic heterocycles. The summed E-state index contributed by atoms with van der Waals surface area (Å²) in [6.07, 6.45) is 0.927. The van der Waals surface area contributed by atoms with Crippen LogP contribution < -0.4 is 9.47 Å². The van der Waals surface area contributed by atoms with E-state index in [9.17, 15) is 9.59 Å². The molecule has 1 atom stereocenters. The first-order valence-corrected chi connectivity index (χ1v) is 11.9. The van der Waals surface area contributed by atoms with Crippen molar-refractivity contribution in [3.8, 4) is 11.5 Å². The Bertz CT molecular complexity index is 1130. The molecule has 0 saturated heterocycles. The van der Waals surface area contributed by atoms with Crippen LogP contribution in [0.2, 0.25) is 0 Å². The van der Waals surface area contributed by atoms with Gasteiger partial charge in [0.25, 0.3) is 5.91 Å². The van der Waals surface area contributed by atoms with Gasteiger partial charge >= 0.3 is 0 Å². The molecule has 0 fully saturated rings. The maximum atomic E-state index is 13.5. The van der Waals surface area contributed by atoms with E-state index in [1.807, 2.05) is 45.0 Å². The predicted molar refractivity (Wildman–Crippen MR) is 138 cm³/mol. The monoisotopic (exact) mass is 479 g/mol. The summed E-state index contributed by atoms with van der Waals surface area (Å²) in [7, 11) is 4.85. The van der Waals surface area contributed by atoms with E-state index in [2.05, 4.69) is 26.0 Å². The number of likely N-dealkylation sites (N-methyl/N-ethyl adjacent to an activating group) is 1. The van der Waals surface area contributed by atoms with E-state index in [-0.39, 0.29) is 29.8 Å². The van der Waals surface area contributed by atoms with Gasteiger partial charge in [0.1, 0.15) is 6.54 Å². The number of aryl methyl sites for hydroxylation is 2. The Balaban J connectivity index is 1.93. The topological polar surface area (TPSA) is 71.4 Å². The van der Waals surface area contributed by atoms with Gasteiger partial charge in [0.15, 0.2) is 11.5 Å². The highest BCUT2D eigenvalue weighted by Gasteiger charge is 2.34. The van der Waals surface area contributed by atoms with Crippen LogP contribution in [0, 0.1) is 19.3 Å².